The summed E-state index contributed by atoms with van der Waals surface area (Å²) < 4.78 is 0. The summed E-state index contributed by atoms with van der Waals surface area (Å²) in [4.78, 5) is 4.20. The smallest absolute Gasteiger partial charge is 0.193 e. The van der Waals surface area contributed by atoms with E-state index in [4.69, 9.17) is 5.73 Å². The average molecular weight is 247 g/mol. The van der Waals surface area contributed by atoms with Crippen molar-refractivity contribution in [3.8, 4) is 0 Å². The van der Waals surface area contributed by atoms with Crippen molar-refractivity contribution in [1.29, 1.82) is 0 Å². The van der Waals surface area contributed by atoms with Crippen LogP contribution < -0.4 is 11.1 Å². The van der Waals surface area contributed by atoms with Crippen LogP contribution in [0.2, 0.25) is 0 Å². The third-order valence-corrected chi connectivity index (χ3v) is 3.44. The Balaban J connectivity index is 1.93. The molecule has 0 amide bonds. The molecule has 1 aliphatic rings. The first kappa shape index (κ1) is 12.9. The van der Waals surface area contributed by atoms with Crippen LogP contribution in [0.3, 0.4) is 0 Å². The first-order chi connectivity index (χ1) is 8.61. The van der Waals surface area contributed by atoms with Gasteiger partial charge in [0.1, 0.15) is 0 Å². The number of aryl methyl sites for hydroxylation is 1. The van der Waals surface area contributed by atoms with Gasteiger partial charge in [0.2, 0.25) is 0 Å². The van der Waals surface area contributed by atoms with Crippen LogP contribution in [0.4, 0.5) is 5.69 Å². The SMILES string of the molecule is CCc1cccc(NC(N)=NCC2(O)CCC2)c1. The molecule has 1 aromatic rings. The van der Waals surface area contributed by atoms with Gasteiger partial charge in [0.25, 0.3) is 0 Å². The van der Waals surface area contributed by atoms with E-state index in [0.717, 1.165) is 31.4 Å². The third-order valence-electron chi connectivity index (χ3n) is 3.44. The molecule has 0 unspecified atom stereocenters. The van der Waals surface area contributed by atoms with E-state index in [1.54, 1.807) is 0 Å². The molecule has 2 rings (SSSR count). The van der Waals surface area contributed by atoms with Crippen LogP contribution >= 0.6 is 0 Å². The fraction of sp³-hybridized carbons (Fsp3) is 0.500. The number of aliphatic imine (C=N–C) groups is 1. The summed E-state index contributed by atoms with van der Waals surface area (Å²) in [6.07, 6.45) is 3.73. The summed E-state index contributed by atoms with van der Waals surface area (Å²) >= 11 is 0. The highest BCUT2D eigenvalue weighted by atomic mass is 16.3. The minimum absolute atomic E-state index is 0.364. The summed E-state index contributed by atoms with van der Waals surface area (Å²) in [7, 11) is 0. The summed E-state index contributed by atoms with van der Waals surface area (Å²) in [5.41, 5.74) is 7.39. The molecular weight excluding hydrogens is 226 g/mol. The minimum Gasteiger partial charge on any atom is -0.388 e. The summed E-state index contributed by atoms with van der Waals surface area (Å²) in [5.74, 6) is 0.364. The van der Waals surface area contributed by atoms with Gasteiger partial charge in [-0.05, 0) is 43.4 Å². The lowest BCUT2D eigenvalue weighted by Gasteiger charge is -2.34. The van der Waals surface area contributed by atoms with Crippen LogP contribution in [0, 0.1) is 0 Å². The Morgan fingerprint density at radius 2 is 2.28 bits per heavy atom. The van der Waals surface area contributed by atoms with Crippen LogP contribution in [0.1, 0.15) is 31.7 Å². The Morgan fingerprint density at radius 3 is 2.89 bits per heavy atom. The molecule has 4 heteroatoms. The molecule has 0 radical (unpaired) electrons. The molecule has 0 aromatic heterocycles. The average Bonchev–Trinajstić information content (AvgIpc) is 2.34. The van der Waals surface area contributed by atoms with E-state index in [0.29, 0.717) is 12.5 Å². The Hall–Kier alpha value is -1.55. The van der Waals surface area contributed by atoms with E-state index in [1.807, 2.05) is 12.1 Å². The zero-order valence-corrected chi connectivity index (χ0v) is 10.8. The number of hydrogen-bond acceptors (Lipinski definition) is 2. The lowest BCUT2D eigenvalue weighted by molar-refractivity contribution is -0.0235. The number of hydrogen-bond donors (Lipinski definition) is 3. The molecule has 1 saturated carbocycles. The van der Waals surface area contributed by atoms with Crippen LogP contribution in [-0.2, 0) is 6.42 Å². The molecule has 0 aliphatic heterocycles. The predicted molar refractivity (Wildman–Crippen MR) is 74.7 cm³/mol. The van der Waals surface area contributed by atoms with Gasteiger partial charge in [-0.1, -0.05) is 19.1 Å². The molecule has 18 heavy (non-hydrogen) atoms. The maximum absolute atomic E-state index is 9.92. The Bertz CT molecular complexity index is 438. The van der Waals surface area contributed by atoms with E-state index in [2.05, 4.69) is 29.4 Å². The Morgan fingerprint density at radius 1 is 1.50 bits per heavy atom. The number of nitrogens with two attached hydrogens (primary N) is 1. The molecule has 0 heterocycles. The molecule has 1 fully saturated rings. The van der Waals surface area contributed by atoms with Crippen molar-refractivity contribution in [2.75, 3.05) is 11.9 Å². The van der Waals surface area contributed by atoms with E-state index in [9.17, 15) is 5.11 Å². The van der Waals surface area contributed by atoms with Crippen molar-refractivity contribution < 1.29 is 5.11 Å². The summed E-state index contributed by atoms with van der Waals surface area (Å²) in [6.45, 7) is 2.50. The van der Waals surface area contributed by atoms with Crippen LogP contribution in [-0.4, -0.2) is 23.2 Å². The molecule has 0 saturated heterocycles. The number of rotatable bonds is 4. The van der Waals surface area contributed by atoms with Crippen molar-refractivity contribution in [1.82, 2.24) is 0 Å². The lowest BCUT2D eigenvalue weighted by Crippen LogP contribution is -2.41. The highest BCUT2D eigenvalue weighted by Gasteiger charge is 2.33. The molecule has 98 valence electrons. The van der Waals surface area contributed by atoms with Gasteiger partial charge in [-0.3, -0.25) is 4.99 Å². The quantitative estimate of drug-likeness (QED) is 0.562. The number of guanidine groups is 1. The number of anilines is 1. The molecule has 0 atom stereocenters. The predicted octanol–water partition coefficient (Wildman–Crippen LogP) is 1.89. The number of aliphatic hydroxyl groups is 1. The maximum atomic E-state index is 9.92. The molecule has 0 spiro atoms. The van der Waals surface area contributed by atoms with Crippen molar-refractivity contribution >= 4 is 11.6 Å². The molecule has 0 bridgehead atoms. The standard InChI is InChI=1S/C14H21N3O/c1-2-11-5-3-6-12(9-11)17-13(15)16-10-14(18)7-4-8-14/h3,5-6,9,18H,2,4,7-8,10H2,1H3,(H3,15,16,17). The highest BCUT2D eigenvalue weighted by molar-refractivity contribution is 5.92. The van der Waals surface area contributed by atoms with Crippen molar-refractivity contribution in [3.63, 3.8) is 0 Å². The van der Waals surface area contributed by atoms with Crippen LogP contribution in [0.25, 0.3) is 0 Å². The molecule has 1 aromatic carbocycles. The topological polar surface area (TPSA) is 70.6 Å². The van der Waals surface area contributed by atoms with Gasteiger partial charge in [0.05, 0.1) is 12.1 Å². The largest absolute Gasteiger partial charge is 0.388 e. The lowest BCUT2D eigenvalue weighted by atomic mass is 9.80. The second-order valence-electron chi connectivity index (χ2n) is 4.96. The minimum atomic E-state index is -0.614. The monoisotopic (exact) mass is 247 g/mol. The highest BCUT2D eigenvalue weighted by Crippen LogP contribution is 2.31. The van der Waals surface area contributed by atoms with Crippen molar-refractivity contribution in [3.05, 3.63) is 29.8 Å². The maximum Gasteiger partial charge on any atom is 0.193 e. The first-order valence-corrected chi connectivity index (χ1v) is 6.49. The first-order valence-electron chi connectivity index (χ1n) is 6.49. The number of nitrogens with one attached hydrogen (secondary N) is 1. The van der Waals surface area contributed by atoms with Crippen molar-refractivity contribution in [2.45, 2.75) is 38.2 Å². The normalized spacial score (nSPS) is 18.2. The second-order valence-corrected chi connectivity index (χ2v) is 4.96. The Kier molecular flexibility index (Phi) is 3.87. The van der Waals surface area contributed by atoms with E-state index < -0.39 is 5.60 Å². The number of nitrogens with zero attached hydrogens (tertiary/aromatic N) is 1. The second kappa shape index (κ2) is 5.40. The van der Waals surface area contributed by atoms with Gasteiger partial charge in [-0.25, -0.2) is 0 Å². The van der Waals surface area contributed by atoms with Gasteiger partial charge in [-0.15, -0.1) is 0 Å². The fourth-order valence-electron chi connectivity index (χ4n) is 2.03. The van der Waals surface area contributed by atoms with Gasteiger partial charge in [0.15, 0.2) is 5.96 Å². The van der Waals surface area contributed by atoms with Crippen LogP contribution in [0.5, 0.6) is 0 Å². The van der Waals surface area contributed by atoms with E-state index in [1.165, 1.54) is 5.56 Å². The van der Waals surface area contributed by atoms with Gasteiger partial charge in [0, 0.05) is 5.69 Å². The van der Waals surface area contributed by atoms with Gasteiger partial charge >= 0.3 is 0 Å². The molecular formula is C14H21N3O. The van der Waals surface area contributed by atoms with Gasteiger partial charge < -0.3 is 16.2 Å². The summed E-state index contributed by atoms with van der Waals surface area (Å²) in [5, 5.41) is 13.0. The Labute approximate surface area is 108 Å². The molecule has 4 nitrogen and oxygen atoms in total. The van der Waals surface area contributed by atoms with E-state index in [-0.39, 0.29) is 0 Å². The zero-order valence-electron chi connectivity index (χ0n) is 10.8. The van der Waals surface area contributed by atoms with Gasteiger partial charge in [-0.2, -0.15) is 0 Å². The van der Waals surface area contributed by atoms with E-state index >= 15 is 0 Å². The molecule has 1 aliphatic carbocycles. The third kappa shape index (κ3) is 3.23. The zero-order chi connectivity index (χ0) is 13.0. The van der Waals surface area contributed by atoms with Crippen LogP contribution in [0.15, 0.2) is 29.3 Å². The fourth-order valence-corrected chi connectivity index (χ4v) is 2.03. The number of benzene rings is 1. The summed E-state index contributed by atoms with van der Waals surface area (Å²) in [6, 6.07) is 8.09. The van der Waals surface area contributed by atoms with Crippen molar-refractivity contribution in [2.24, 2.45) is 10.7 Å². The molecule has 4 N–H and O–H groups in total.